The van der Waals surface area contributed by atoms with Gasteiger partial charge in [0.1, 0.15) is 11.9 Å². The maximum Gasteiger partial charge on any atom is 0.121 e. The molecule has 1 aromatic heterocycles. The van der Waals surface area contributed by atoms with Crippen molar-refractivity contribution >= 4 is 0 Å². The topological polar surface area (TPSA) is 42.4 Å². The van der Waals surface area contributed by atoms with E-state index in [0.717, 1.165) is 41.8 Å². The molecule has 0 aliphatic heterocycles. The molecule has 1 aliphatic carbocycles. The fraction of sp³-hybridized carbons (Fsp3) is 0.353. The predicted octanol–water partition coefficient (Wildman–Crippen LogP) is 3.27. The molecule has 3 nitrogen and oxygen atoms in total. The van der Waals surface area contributed by atoms with E-state index >= 15 is 0 Å². The maximum absolute atomic E-state index is 10.5. The fourth-order valence-corrected chi connectivity index (χ4v) is 2.26. The number of aliphatic hydroxyl groups excluding tert-OH is 1. The fourth-order valence-electron chi connectivity index (χ4n) is 2.26. The van der Waals surface area contributed by atoms with Crippen LogP contribution in [-0.2, 0) is 6.42 Å². The second-order valence-electron chi connectivity index (χ2n) is 5.19. The summed E-state index contributed by atoms with van der Waals surface area (Å²) in [6, 6.07) is 11.6. The van der Waals surface area contributed by atoms with Gasteiger partial charge in [0.2, 0.25) is 0 Å². The van der Waals surface area contributed by atoms with Crippen molar-refractivity contribution in [3.05, 3.63) is 59.4 Å². The molecular weight excluding hydrogens is 250 g/mol. The van der Waals surface area contributed by atoms with Crippen molar-refractivity contribution in [2.45, 2.75) is 38.4 Å². The molecule has 0 spiro atoms. The zero-order valence-corrected chi connectivity index (χ0v) is 11.6. The second-order valence-corrected chi connectivity index (χ2v) is 5.19. The lowest BCUT2D eigenvalue weighted by molar-refractivity contribution is 0.214. The van der Waals surface area contributed by atoms with Crippen LogP contribution in [0.1, 0.15) is 42.7 Å². The van der Waals surface area contributed by atoms with Crippen LogP contribution in [0.4, 0.5) is 0 Å². The van der Waals surface area contributed by atoms with Crippen LogP contribution in [0.2, 0.25) is 0 Å². The molecule has 0 radical (unpaired) electrons. The number of hydrogen-bond acceptors (Lipinski definition) is 3. The van der Waals surface area contributed by atoms with E-state index in [9.17, 15) is 5.11 Å². The first-order valence-corrected chi connectivity index (χ1v) is 7.16. The summed E-state index contributed by atoms with van der Waals surface area (Å²) in [5.74, 6) is 0.875. The van der Waals surface area contributed by atoms with E-state index in [1.54, 1.807) is 6.20 Å². The van der Waals surface area contributed by atoms with Crippen LogP contribution in [0.25, 0.3) is 0 Å². The first-order valence-electron chi connectivity index (χ1n) is 7.16. The summed E-state index contributed by atoms with van der Waals surface area (Å²) in [5, 5.41) is 10.5. The van der Waals surface area contributed by atoms with Gasteiger partial charge in [-0.25, -0.2) is 0 Å². The Balaban J connectivity index is 1.80. The normalized spacial score (nSPS) is 15.9. The summed E-state index contributed by atoms with van der Waals surface area (Å²) in [6.07, 6.45) is 4.61. The lowest BCUT2D eigenvalue weighted by atomic mass is 10.0. The van der Waals surface area contributed by atoms with E-state index in [1.165, 1.54) is 0 Å². The SMILES string of the molecule is CCc1cccnc1C(O)c1ccc(OC2CC2)cc1. The minimum atomic E-state index is -0.680. The quantitative estimate of drug-likeness (QED) is 0.906. The van der Waals surface area contributed by atoms with Gasteiger partial charge in [0.25, 0.3) is 0 Å². The van der Waals surface area contributed by atoms with Gasteiger partial charge in [0.05, 0.1) is 11.8 Å². The van der Waals surface area contributed by atoms with E-state index < -0.39 is 6.10 Å². The Morgan fingerprint density at radius 2 is 2.00 bits per heavy atom. The molecule has 3 rings (SSSR count). The lowest BCUT2D eigenvalue weighted by Crippen LogP contribution is -2.06. The van der Waals surface area contributed by atoms with Gasteiger partial charge >= 0.3 is 0 Å². The molecule has 1 N–H and O–H groups in total. The van der Waals surface area contributed by atoms with E-state index in [4.69, 9.17) is 4.74 Å². The summed E-state index contributed by atoms with van der Waals surface area (Å²) >= 11 is 0. The van der Waals surface area contributed by atoms with Gasteiger partial charge in [-0.1, -0.05) is 25.1 Å². The number of aryl methyl sites for hydroxylation is 1. The third-order valence-electron chi connectivity index (χ3n) is 3.59. The molecule has 0 amide bonds. The number of rotatable bonds is 5. The van der Waals surface area contributed by atoms with E-state index in [-0.39, 0.29) is 0 Å². The predicted molar refractivity (Wildman–Crippen MR) is 77.8 cm³/mol. The standard InChI is InChI=1S/C17H19NO2/c1-2-12-4-3-11-18-16(12)17(19)13-5-7-14(8-6-13)20-15-9-10-15/h3-8,11,15,17,19H,2,9-10H2,1H3. The molecule has 1 saturated carbocycles. The highest BCUT2D eigenvalue weighted by atomic mass is 16.5. The Kier molecular flexibility index (Phi) is 3.70. The van der Waals surface area contributed by atoms with Crippen LogP contribution >= 0.6 is 0 Å². The van der Waals surface area contributed by atoms with Crippen molar-refractivity contribution in [2.24, 2.45) is 0 Å². The molecule has 2 aromatic rings. The monoisotopic (exact) mass is 269 g/mol. The van der Waals surface area contributed by atoms with Crippen LogP contribution in [-0.4, -0.2) is 16.2 Å². The zero-order chi connectivity index (χ0) is 13.9. The van der Waals surface area contributed by atoms with Crippen molar-refractivity contribution < 1.29 is 9.84 Å². The molecule has 0 bridgehead atoms. The van der Waals surface area contributed by atoms with Crippen molar-refractivity contribution in [1.82, 2.24) is 4.98 Å². The number of ether oxygens (including phenoxy) is 1. The average molecular weight is 269 g/mol. The number of aromatic nitrogens is 1. The van der Waals surface area contributed by atoms with Gasteiger partial charge in [-0.05, 0) is 48.6 Å². The van der Waals surface area contributed by atoms with Crippen LogP contribution in [0.5, 0.6) is 5.75 Å². The molecular formula is C17H19NO2. The summed E-state index contributed by atoms with van der Waals surface area (Å²) < 4.78 is 5.71. The van der Waals surface area contributed by atoms with Gasteiger partial charge in [-0.15, -0.1) is 0 Å². The van der Waals surface area contributed by atoms with Crippen LogP contribution in [0, 0.1) is 0 Å². The van der Waals surface area contributed by atoms with Crippen molar-refractivity contribution in [1.29, 1.82) is 0 Å². The minimum absolute atomic E-state index is 0.397. The largest absolute Gasteiger partial charge is 0.490 e. The number of aliphatic hydroxyl groups is 1. The number of pyridine rings is 1. The molecule has 1 heterocycles. The first-order chi connectivity index (χ1) is 9.78. The van der Waals surface area contributed by atoms with Gasteiger partial charge in [0, 0.05) is 6.20 Å². The third kappa shape index (κ3) is 2.83. The molecule has 1 aliphatic rings. The highest BCUT2D eigenvalue weighted by Crippen LogP contribution is 2.29. The molecule has 1 unspecified atom stereocenters. The second kappa shape index (κ2) is 5.63. The number of nitrogens with zero attached hydrogens (tertiary/aromatic N) is 1. The highest BCUT2D eigenvalue weighted by Gasteiger charge is 2.23. The van der Waals surface area contributed by atoms with Crippen LogP contribution < -0.4 is 4.74 Å². The van der Waals surface area contributed by atoms with Gasteiger partial charge in [-0.2, -0.15) is 0 Å². The number of benzene rings is 1. The number of hydrogen-bond donors (Lipinski definition) is 1. The van der Waals surface area contributed by atoms with Gasteiger partial charge in [0.15, 0.2) is 0 Å². The Labute approximate surface area is 119 Å². The smallest absolute Gasteiger partial charge is 0.121 e. The van der Waals surface area contributed by atoms with Crippen LogP contribution in [0.3, 0.4) is 0 Å². The molecule has 20 heavy (non-hydrogen) atoms. The summed E-state index contributed by atoms with van der Waals surface area (Å²) in [5.41, 5.74) is 2.67. The molecule has 104 valence electrons. The maximum atomic E-state index is 10.5. The summed E-state index contributed by atoms with van der Waals surface area (Å²) in [4.78, 5) is 4.33. The van der Waals surface area contributed by atoms with Crippen molar-refractivity contribution in [2.75, 3.05) is 0 Å². The Hall–Kier alpha value is -1.87. The van der Waals surface area contributed by atoms with Gasteiger partial charge < -0.3 is 9.84 Å². The molecule has 1 aromatic carbocycles. The molecule has 1 fully saturated rings. The van der Waals surface area contributed by atoms with E-state index in [0.29, 0.717) is 6.10 Å². The summed E-state index contributed by atoms with van der Waals surface area (Å²) in [7, 11) is 0. The van der Waals surface area contributed by atoms with E-state index in [1.807, 2.05) is 36.4 Å². The molecule has 3 heteroatoms. The zero-order valence-electron chi connectivity index (χ0n) is 11.6. The van der Waals surface area contributed by atoms with Crippen molar-refractivity contribution in [3.8, 4) is 5.75 Å². The van der Waals surface area contributed by atoms with E-state index in [2.05, 4.69) is 11.9 Å². The Morgan fingerprint density at radius 3 is 2.65 bits per heavy atom. The Bertz CT molecular complexity index is 576. The molecule has 0 saturated heterocycles. The van der Waals surface area contributed by atoms with Crippen molar-refractivity contribution in [3.63, 3.8) is 0 Å². The lowest BCUT2D eigenvalue weighted by Gasteiger charge is -2.14. The summed E-state index contributed by atoms with van der Waals surface area (Å²) in [6.45, 7) is 2.07. The Morgan fingerprint density at radius 1 is 1.25 bits per heavy atom. The third-order valence-corrected chi connectivity index (χ3v) is 3.59. The molecule has 1 atom stereocenters. The first kappa shape index (κ1) is 13.1. The average Bonchev–Trinajstić information content (AvgIpc) is 3.31. The van der Waals surface area contributed by atoms with Gasteiger partial charge in [-0.3, -0.25) is 4.98 Å². The minimum Gasteiger partial charge on any atom is -0.490 e. The highest BCUT2D eigenvalue weighted by molar-refractivity contribution is 5.34. The van der Waals surface area contributed by atoms with Crippen LogP contribution in [0.15, 0.2) is 42.6 Å².